The van der Waals surface area contributed by atoms with Gasteiger partial charge in [-0.15, -0.1) is 5.01 Å². The zero-order chi connectivity index (χ0) is 12.2. The van der Waals surface area contributed by atoms with Gasteiger partial charge in [-0.05, 0) is 32.8 Å². The first-order chi connectivity index (χ1) is 7.41. The molecule has 1 unspecified atom stereocenters. The van der Waals surface area contributed by atoms with Crippen molar-refractivity contribution in [1.29, 1.82) is 0 Å². The molecule has 16 heavy (non-hydrogen) atoms. The molecule has 0 spiro atoms. The Kier molecular flexibility index (Phi) is 4.63. The second kappa shape index (κ2) is 5.55. The number of ether oxygens (including phenoxy) is 1. The number of nitrogens with zero attached hydrogens (tertiary/aromatic N) is 1. The van der Waals surface area contributed by atoms with Crippen LogP contribution in [0.4, 0.5) is 0 Å². The quantitative estimate of drug-likeness (QED) is 0.274. The van der Waals surface area contributed by atoms with Gasteiger partial charge in [0.05, 0.1) is 18.5 Å². The maximum Gasteiger partial charge on any atom is 0.313 e. The SMILES string of the molecule is CC(C)(C)C(=O)OCON[NH+]([O-])N1CCC1. The van der Waals surface area contributed by atoms with Crippen molar-refractivity contribution in [3.8, 4) is 0 Å². The molecule has 1 aliphatic heterocycles. The van der Waals surface area contributed by atoms with Crippen LogP contribution in [0.25, 0.3) is 0 Å². The standard InChI is InChI=1S/C9H19N3O4/c1-9(2,3)8(13)15-7-16-10-12(14)11-5-4-6-11/h10,12H,4-7H2,1-3H3. The third kappa shape index (κ3) is 4.03. The highest BCUT2D eigenvalue weighted by Gasteiger charge is 2.23. The summed E-state index contributed by atoms with van der Waals surface area (Å²) in [6.45, 7) is 6.46. The van der Waals surface area contributed by atoms with E-state index < -0.39 is 5.41 Å². The zero-order valence-corrected chi connectivity index (χ0v) is 9.91. The van der Waals surface area contributed by atoms with Gasteiger partial charge < -0.3 is 9.94 Å². The van der Waals surface area contributed by atoms with Gasteiger partial charge in [0.25, 0.3) is 0 Å². The number of carbonyl (C=O) groups excluding carboxylic acids is 1. The van der Waals surface area contributed by atoms with Crippen LogP contribution in [0.1, 0.15) is 27.2 Å². The molecule has 1 saturated heterocycles. The molecule has 1 atom stereocenters. The summed E-state index contributed by atoms with van der Waals surface area (Å²) in [5, 5.41) is 12.5. The summed E-state index contributed by atoms with van der Waals surface area (Å²) in [4.78, 5) is 16.0. The van der Waals surface area contributed by atoms with Crippen LogP contribution in [0.15, 0.2) is 0 Å². The van der Waals surface area contributed by atoms with Crippen LogP contribution >= 0.6 is 0 Å². The Morgan fingerprint density at radius 2 is 2.12 bits per heavy atom. The molecule has 1 aliphatic rings. The largest absolute Gasteiger partial charge is 0.591 e. The van der Waals surface area contributed by atoms with Crippen LogP contribution in [0.5, 0.6) is 0 Å². The molecule has 0 bridgehead atoms. The fourth-order valence-electron chi connectivity index (χ4n) is 0.975. The van der Waals surface area contributed by atoms with Gasteiger partial charge in [0, 0.05) is 0 Å². The first-order valence-electron chi connectivity index (χ1n) is 5.25. The molecule has 1 fully saturated rings. The molecule has 0 aromatic rings. The molecule has 1 heterocycles. The van der Waals surface area contributed by atoms with E-state index in [0.717, 1.165) is 19.5 Å². The van der Waals surface area contributed by atoms with Crippen molar-refractivity contribution in [2.24, 2.45) is 5.41 Å². The number of carbonyl (C=O) groups is 1. The van der Waals surface area contributed by atoms with Gasteiger partial charge in [-0.2, -0.15) is 5.28 Å². The molecule has 2 N–H and O–H groups in total. The molecule has 7 heteroatoms. The fourth-order valence-corrected chi connectivity index (χ4v) is 0.975. The lowest BCUT2D eigenvalue weighted by molar-refractivity contribution is -1.04. The Morgan fingerprint density at radius 1 is 1.50 bits per heavy atom. The van der Waals surface area contributed by atoms with E-state index in [9.17, 15) is 10.0 Å². The van der Waals surface area contributed by atoms with Crippen molar-refractivity contribution in [3.05, 3.63) is 5.21 Å². The highest BCUT2D eigenvalue weighted by molar-refractivity contribution is 5.75. The van der Waals surface area contributed by atoms with Gasteiger partial charge in [0.2, 0.25) is 6.79 Å². The summed E-state index contributed by atoms with van der Waals surface area (Å²) < 4.78 is 4.79. The summed E-state index contributed by atoms with van der Waals surface area (Å²) in [5.41, 5.74) is 1.64. The van der Waals surface area contributed by atoms with Crippen LogP contribution in [-0.2, 0) is 14.4 Å². The Balaban J connectivity index is 2.05. The number of rotatable bonds is 5. The predicted molar refractivity (Wildman–Crippen MR) is 55.2 cm³/mol. The van der Waals surface area contributed by atoms with Crippen LogP contribution in [0.3, 0.4) is 0 Å². The van der Waals surface area contributed by atoms with Crippen LogP contribution in [0.2, 0.25) is 0 Å². The van der Waals surface area contributed by atoms with Crippen molar-refractivity contribution in [2.75, 3.05) is 19.9 Å². The smallest absolute Gasteiger partial charge is 0.313 e. The van der Waals surface area contributed by atoms with Gasteiger partial charge in [0.1, 0.15) is 0 Å². The minimum Gasteiger partial charge on any atom is -0.591 e. The van der Waals surface area contributed by atoms with Crippen molar-refractivity contribution >= 4 is 5.97 Å². The molecular formula is C9H19N3O4. The third-order valence-corrected chi connectivity index (χ3v) is 2.16. The van der Waals surface area contributed by atoms with Crippen LogP contribution in [-0.4, -0.2) is 30.9 Å². The lowest BCUT2D eigenvalue weighted by Crippen LogP contribution is -3.21. The molecule has 7 nitrogen and oxygen atoms in total. The molecule has 0 aromatic heterocycles. The van der Waals surface area contributed by atoms with E-state index in [2.05, 4.69) is 5.59 Å². The Morgan fingerprint density at radius 3 is 2.56 bits per heavy atom. The van der Waals surface area contributed by atoms with Crippen molar-refractivity contribution in [2.45, 2.75) is 27.2 Å². The monoisotopic (exact) mass is 233 g/mol. The summed E-state index contributed by atoms with van der Waals surface area (Å²) >= 11 is 0. The minimum absolute atomic E-state index is 0.268. The van der Waals surface area contributed by atoms with Gasteiger partial charge in [0.15, 0.2) is 0 Å². The second-order valence-corrected chi connectivity index (χ2v) is 4.69. The molecular weight excluding hydrogens is 214 g/mol. The molecule has 0 amide bonds. The molecule has 0 radical (unpaired) electrons. The third-order valence-electron chi connectivity index (χ3n) is 2.16. The van der Waals surface area contributed by atoms with E-state index in [0.29, 0.717) is 0 Å². The maximum absolute atomic E-state index is 11.3. The number of quaternary nitrogens is 1. The Hall–Kier alpha value is -0.730. The lowest BCUT2D eigenvalue weighted by atomic mass is 9.98. The normalized spacial score (nSPS) is 19.0. The second-order valence-electron chi connectivity index (χ2n) is 4.69. The van der Waals surface area contributed by atoms with Gasteiger partial charge in [-0.3, -0.25) is 4.79 Å². The molecule has 0 aliphatic carbocycles. The minimum atomic E-state index is -0.565. The van der Waals surface area contributed by atoms with E-state index >= 15 is 0 Å². The first-order valence-corrected chi connectivity index (χ1v) is 5.25. The van der Waals surface area contributed by atoms with E-state index in [4.69, 9.17) is 9.57 Å². The first kappa shape index (κ1) is 13.3. The average molecular weight is 233 g/mol. The van der Waals surface area contributed by atoms with Gasteiger partial charge >= 0.3 is 5.97 Å². The van der Waals surface area contributed by atoms with Crippen LogP contribution in [0, 0.1) is 10.6 Å². The molecule has 1 rings (SSSR count). The molecule has 94 valence electrons. The van der Waals surface area contributed by atoms with Gasteiger partial charge in [-0.1, -0.05) is 0 Å². The number of nitrogens with one attached hydrogen (secondary N) is 2. The fraction of sp³-hybridized carbons (Fsp3) is 0.889. The highest BCUT2D eigenvalue weighted by atomic mass is 16.8. The summed E-state index contributed by atoms with van der Waals surface area (Å²) in [7, 11) is 0. The number of hydrogen-bond donors (Lipinski definition) is 2. The summed E-state index contributed by atoms with van der Waals surface area (Å²) in [6, 6.07) is 0. The zero-order valence-electron chi connectivity index (χ0n) is 9.91. The summed E-state index contributed by atoms with van der Waals surface area (Å²) in [5.74, 6) is -0.370. The van der Waals surface area contributed by atoms with Crippen molar-refractivity contribution in [1.82, 2.24) is 10.6 Å². The van der Waals surface area contributed by atoms with Crippen LogP contribution < -0.4 is 10.9 Å². The predicted octanol–water partition coefficient (Wildman–Crippen LogP) is -1.03. The van der Waals surface area contributed by atoms with E-state index in [1.54, 1.807) is 25.8 Å². The van der Waals surface area contributed by atoms with E-state index in [-0.39, 0.29) is 18.0 Å². The topological polar surface area (TPSA) is 78.3 Å². The molecule has 0 aromatic carbocycles. The maximum atomic E-state index is 11.3. The number of esters is 1. The Labute approximate surface area is 94.8 Å². The van der Waals surface area contributed by atoms with Crippen molar-refractivity contribution < 1.29 is 19.7 Å². The molecule has 0 saturated carbocycles. The van der Waals surface area contributed by atoms with E-state index in [1.165, 1.54) is 0 Å². The summed E-state index contributed by atoms with van der Waals surface area (Å²) in [6.07, 6.45) is 1.02. The highest BCUT2D eigenvalue weighted by Crippen LogP contribution is 2.14. The number of hydrogen-bond acceptors (Lipinski definition) is 6. The van der Waals surface area contributed by atoms with Crippen molar-refractivity contribution in [3.63, 3.8) is 0 Å². The lowest BCUT2D eigenvalue weighted by Gasteiger charge is -2.37. The average Bonchev–Trinajstić information content (AvgIpc) is 2.07. The van der Waals surface area contributed by atoms with Gasteiger partial charge in [-0.25, -0.2) is 4.84 Å². The van der Waals surface area contributed by atoms with E-state index in [1.807, 2.05) is 0 Å². The Bertz CT molecular complexity index is 237.